The van der Waals surface area contributed by atoms with Gasteiger partial charge in [0.15, 0.2) is 6.29 Å². The van der Waals surface area contributed by atoms with Crippen molar-refractivity contribution < 1.29 is 9.47 Å². The van der Waals surface area contributed by atoms with E-state index in [0.717, 1.165) is 6.42 Å². The van der Waals surface area contributed by atoms with Crippen molar-refractivity contribution >= 4 is 0 Å². The van der Waals surface area contributed by atoms with Crippen molar-refractivity contribution in [2.45, 2.75) is 51.2 Å². The highest BCUT2D eigenvalue weighted by Gasteiger charge is 2.03. The Morgan fingerprint density at radius 1 is 1.00 bits per heavy atom. The van der Waals surface area contributed by atoms with Gasteiger partial charge in [-0.1, -0.05) is 44.1 Å². The molecule has 0 aliphatic rings. The molecule has 0 aliphatic heterocycles. The van der Waals surface area contributed by atoms with E-state index in [-0.39, 0.29) is 6.29 Å². The first kappa shape index (κ1) is 15.4. The van der Waals surface area contributed by atoms with Gasteiger partial charge in [0.05, 0.1) is 0 Å². The number of methoxy groups -OCH3 is 2. The Hall–Kier alpha value is -0.600. The first-order valence-corrected chi connectivity index (χ1v) is 6.18. The lowest BCUT2D eigenvalue weighted by molar-refractivity contribution is -0.107. The van der Waals surface area contributed by atoms with Crippen LogP contribution in [0.1, 0.15) is 44.9 Å². The van der Waals surface area contributed by atoms with Gasteiger partial charge in [0.1, 0.15) is 0 Å². The highest BCUT2D eigenvalue weighted by atomic mass is 16.7. The van der Waals surface area contributed by atoms with Gasteiger partial charge in [-0.3, -0.25) is 0 Å². The van der Waals surface area contributed by atoms with Crippen LogP contribution in [0.15, 0.2) is 24.8 Å². The fourth-order valence-corrected chi connectivity index (χ4v) is 1.63. The molecule has 0 aliphatic carbocycles. The molecule has 0 unspecified atom stereocenters. The summed E-state index contributed by atoms with van der Waals surface area (Å²) in [5.74, 6) is 0. The van der Waals surface area contributed by atoms with E-state index in [9.17, 15) is 0 Å². The summed E-state index contributed by atoms with van der Waals surface area (Å²) in [4.78, 5) is 0. The number of hydrogen-bond acceptors (Lipinski definition) is 2. The summed E-state index contributed by atoms with van der Waals surface area (Å²) in [7, 11) is 3.39. The van der Waals surface area contributed by atoms with E-state index in [4.69, 9.17) is 9.47 Å². The predicted octanol–water partition coefficient (Wildman–Crippen LogP) is 4.08. The first-order chi connectivity index (χ1) is 7.85. The number of unbranched alkanes of at least 4 members (excludes halogenated alkanes) is 5. The molecular formula is C14H26O2. The van der Waals surface area contributed by atoms with Crippen LogP contribution in [0.25, 0.3) is 0 Å². The van der Waals surface area contributed by atoms with Crippen molar-refractivity contribution in [1.29, 1.82) is 0 Å². The predicted molar refractivity (Wildman–Crippen MR) is 69.5 cm³/mol. The molecule has 0 saturated heterocycles. The van der Waals surface area contributed by atoms with Crippen LogP contribution in [-0.2, 0) is 9.47 Å². The summed E-state index contributed by atoms with van der Waals surface area (Å²) in [6, 6.07) is 0. The Morgan fingerprint density at radius 2 is 1.62 bits per heavy atom. The molecule has 0 atom stereocenters. The maximum atomic E-state index is 5.13. The van der Waals surface area contributed by atoms with Crippen LogP contribution in [0, 0.1) is 0 Å². The van der Waals surface area contributed by atoms with Gasteiger partial charge in [0.2, 0.25) is 0 Å². The molecule has 0 heterocycles. The Kier molecular flexibility index (Phi) is 12.0. The number of rotatable bonds is 11. The van der Waals surface area contributed by atoms with Gasteiger partial charge < -0.3 is 9.47 Å². The SMILES string of the molecule is C=CC=CCCCCCCCC(OC)OC. The molecule has 0 bridgehead atoms. The molecule has 0 spiro atoms. The van der Waals surface area contributed by atoms with Crippen LogP contribution >= 0.6 is 0 Å². The second-order valence-electron chi connectivity index (χ2n) is 3.91. The lowest BCUT2D eigenvalue weighted by Crippen LogP contribution is -2.12. The molecule has 0 fully saturated rings. The van der Waals surface area contributed by atoms with Gasteiger partial charge in [0.25, 0.3) is 0 Å². The first-order valence-electron chi connectivity index (χ1n) is 6.18. The molecule has 0 radical (unpaired) electrons. The standard InChI is InChI=1S/C14H26O2/c1-4-5-6-7-8-9-10-11-12-13-14(15-2)16-3/h4-6,14H,1,7-13H2,2-3H3. The van der Waals surface area contributed by atoms with E-state index in [2.05, 4.69) is 12.7 Å². The Labute approximate surface area is 100 Å². The fraction of sp³-hybridized carbons (Fsp3) is 0.714. The van der Waals surface area contributed by atoms with Gasteiger partial charge in [-0.05, 0) is 25.7 Å². The van der Waals surface area contributed by atoms with Crippen LogP contribution < -0.4 is 0 Å². The van der Waals surface area contributed by atoms with Crippen molar-refractivity contribution in [3.05, 3.63) is 24.8 Å². The van der Waals surface area contributed by atoms with E-state index in [1.54, 1.807) is 14.2 Å². The van der Waals surface area contributed by atoms with Gasteiger partial charge in [-0.2, -0.15) is 0 Å². The molecular weight excluding hydrogens is 200 g/mol. The van der Waals surface area contributed by atoms with Crippen LogP contribution in [0.5, 0.6) is 0 Å². The third-order valence-corrected chi connectivity index (χ3v) is 2.61. The number of hydrogen-bond donors (Lipinski definition) is 0. The number of ether oxygens (including phenoxy) is 2. The van der Waals surface area contributed by atoms with Crippen LogP contribution in [0.4, 0.5) is 0 Å². The van der Waals surface area contributed by atoms with Crippen molar-refractivity contribution in [3.63, 3.8) is 0 Å². The summed E-state index contributed by atoms with van der Waals surface area (Å²) < 4.78 is 10.3. The molecule has 0 N–H and O–H groups in total. The van der Waals surface area contributed by atoms with Crippen LogP contribution in [0.2, 0.25) is 0 Å². The topological polar surface area (TPSA) is 18.5 Å². The summed E-state index contributed by atoms with van der Waals surface area (Å²) >= 11 is 0. The number of allylic oxidation sites excluding steroid dienone is 3. The Bertz CT molecular complexity index is 172. The van der Waals surface area contributed by atoms with E-state index in [1.807, 2.05) is 12.2 Å². The smallest absolute Gasteiger partial charge is 0.156 e. The quantitative estimate of drug-likeness (QED) is 0.300. The molecule has 0 rings (SSSR count). The lowest BCUT2D eigenvalue weighted by atomic mass is 10.1. The zero-order valence-corrected chi connectivity index (χ0v) is 10.8. The van der Waals surface area contributed by atoms with Crippen LogP contribution in [0.3, 0.4) is 0 Å². The van der Waals surface area contributed by atoms with E-state index < -0.39 is 0 Å². The normalized spacial score (nSPS) is 11.4. The molecule has 0 aromatic heterocycles. The molecule has 94 valence electrons. The molecule has 0 saturated carbocycles. The summed E-state index contributed by atoms with van der Waals surface area (Å²) in [6.07, 6.45) is 14.5. The van der Waals surface area contributed by atoms with Gasteiger partial charge >= 0.3 is 0 Å². The third-order valence-electron chi connectivity index (χ3n) is 2.61. The molecule has 0 aromatic carbocycles. The van der Waals surface area contributed by atoms with Crippen molar-refractivity contribution in [1.82, 2.24) is 0 Å². The summed E-state index contributed by atoms with van der Waals surface area (Å²) in [5.41, 5.74) is 0. The fourth-order valence-electron chi connectivity index (χ4n) is 1.63. The van der Waals surface area contributed by atoms with Gasteiger partial charge in [-0.25, -0.2) is 0 Å². The third kappa shape index (κ3) is 9.94. The van der Waals surface area contributed by atoms with Crippen molar-refractivity contribution in [3.8, 4) is 0 Å². The largest absolute Gasteiger partial charge is 0.356 e. The minimum Gasteiger partial charge on any atom is -0.356 e. The van der Waals surface area contributed by atoms with Crippen molar-refractivity contribution in [2.24, 2.45) is 0 Å². The molecule has 0 aromatic rings. The minimum atomic E-state index is -0.0180. The van der Waals surface area contributed by atoms with Gasteiger partial charge in [0, 0.05) is 14.2 Å². The molecule has 16 heavy (non-hydrogen) atoms. The van der Waals surface area contributed by atoms with E-state index >= 15 is 0 Å². The van der Waals surface area contributed by atoms with Crippen molar-refractivity contribution in [2.75, 3.05) is 14.2 Å². The summed E-state index contributed by atoms with van der Waals surface area (Å²) in [5, 5.41) is 0. The monoisotopic (exact) mass is 226 g/mol. The lowest BCUT2D eigenvalue weighted by Gasteiger charge is -2.12. The Morgan fingerprint density at radius 3 is 2.25 bits per heavy atom. The molecule has 2 heteroatoms. The van der Waals surface area contributed by atoms with E-state index in [0.29, 0.717) is 0 Å². The van der Waals surface area contributed by atoms with Gasteiger partial charge in [-0.15, -0.1) is 0 Å². The second kappa shape index (κ2) is 12.5. The van der Waals surface area contributed by atoms with E-state index in [1.165, 1.54) is 38.5 Å². The average Bonchev–Trinajstić information content (AvgIpc) is 2.32. The second-order valence-corrected chi connectivity index (χ2v) is 3.91. The average molecular weight is 226 g/mol. The zero-order chi connectivity index (χ0) is 12.1. The molecule has 2 nitrogen and oxygen atoms in total. The highest BCUT2D eigenvalue weighted by Crippen LogP contribution is 2.10. The highest BCUT2D eigenvalue weighted by molar-refractivity contribution is 4.96. The van der Waals surface area contributed by atoms with Crippen LogP contribution in [-0.4, -0.2) is 20.5 Å². The maximum absolute atomic E-state index is 5.13. The molecule has 0 amide bonds. The summed E-state index contributed by atoms with van der Waals surface area (Å²) in [6.45, 7) is 3.64. The minimum absolute atomic E-state index is 0.0180. The maximum Gasteiger partial charge on any atom is 0.156 e. The zero-order valence-electron chi connectivity index (χ0n) is 10.8. The Balaban J connectivity index is 3.14.